The molecule has 0 radical (unpaired) electrons. The lowest BCUT2D eigenvalue weighted by Gasteiger charge is -1.95. The minimum absolute atomic E-state index is 0.366. The summed E-state index contributed by atoms with van der Waals surface area (Å²) in [6, 6.07) is 1.76. The van der Waals surface area contributed by atoms with E-state index >= 15 is 0 Å². The summed E-state index contributed by atoms with van der Waals surface area (Å²) in [5.74, 6) is 1.29. The van der Waals surface area contributed by atoms with E-state index in [-0.39, 0.29) is 0 Å². The minimum Gasteiger partial charge on any atom is -0.339 e. The zero-order chi connectivity index (χ0) is 9.42. The third-order valence-corrected chi connectivity index (χ3v) is 2.22. The number of imidazole rings is 1. The van der Waals surface area contributed by atoms with Gasteiger partial charge in [0.2, 0.25) is 0 Å². The molecule has 2 aromatic rings. The Labute approximate surface area is 81.2 Å². The molecule has 2 rings (SSSR count). The first-order chi connectivity index (χ1) is 6.18. The van der Waals surface area contributed by atoms with Gasteiger partial charge in [-0.1, -0.05) is 25.4 Å². The van der Waals surface area contributed by atoms with Crippen molar-refractivity contribution in [2.75, 3.05) is 0 Å². The fraction of sp³-hybridized carbons (Fsp3) is 0.333. The van der Waals surface area contributed by atoms with Crippen LogP contribution in [0.25, 0.3) is 11.2 Å². The Hall–Kier alpha value is -1.09. The fourth-order valence-electron chi connectivity index (χ4n) is 1.17. The highest BCUT2D eigenvalue weighted by molar-refractivity contribution is 6.34. The Bertz CT molecular complexity index is 433. The van der Waals surface area contributed by atoms with Gasteiger partial charge in [-0.25, -0.2) is 9.97 Å². The van der Waals surface area contributed by atoms with Gasteiger partial charge in [-0.05, 0) is 6.07 Å². The van der Waals surface area contributed by atoms with Gasteiger partial charge in [-0.3, -0.25) is 0 Å². The number of halogens is 1. The van der Waals surface area contributed by atoms with E-state index in [4.69, 9.17) is 11.6 Å². The lowest BCUT2D eigenvalue weighted by molar-refractivity contribution is 0.798. The zero-order valence-corrected chi connectivity index (χ0v) is 8.26. The van der Waals surface area contributed by atoms with Gasteiger partial charge in [0.25, 0.3) is 0 Å². The molecule has 1 N–H and O–H groups in total. The molecule has 2 heterocycles. The second-order valence-electron chi connectivity index (χ2n) is 3.27. The number of pyridine rings is 1. The first kappa shape index (κ1) is 8.51. The van der Waals surface area contributed by atoms with Gasteiger partial charge in [0, 0.05) is 12.1 Å². The highest BCUT2D eigenvalue weighted by atomic mass is 35.5. The molecule has 0 fully saturated rings. The molecule has 0 aliphatic carbocycles. The zero-order valence-electron chi connectivity index (χ0n) is 7.50. The van der Waals surface area contributed by atoms with Crippen molar-refractivity contribution in [3.05, 3.63) is 23.1 Å². The number of hydrogen-bond acceptors (Lipinski definition) is 2. The van der Waals surface area contributed by atoms with Crippen LogP contribution in [0.2, 0.25) is 5.02 Å². The molecule has 0 aliphatic heterocycles. The molecule has 0 amide bonds. The first-order valence-electron chi connectivity index (χ1n) is 4.18. The summed E-state index contributed by atoms with van der Waals surface area (Å²) in [7, 11) is 0. The summed E-state index contributed by atoms with van der Waals surface area (Å²) < 4.78 is 0. The molecule has 0 bridgehead atoms. The molecule has 0 aliphatic rings. The normalized spacial score (nSPS) is 11.4. The summed E-state index contributed by atoms with van der Waals surface area (Å²) in [4.78, 5) is 11.6. The van der Waals surface area contributed by atoms with Crippen molar-refractivity contribution in [1.29, 1.82) is 0 Å². The monoisotopic (exact) mass is 195 g/mol. The minimum atomic E-state index is 0.366. The van der Waals surface area contributed by atoms with Crippen LogP contribution in [0.15, 0.2) is 12.3 Å². The summed E-state index contributed by atoms with van der Waals surface area (Å²) >= 11 is 5.96. The van der Waals surface area contributed by atoms with Crippen molar-refractivity contribution >= 4 is 22.8 Å². The molecule has 0 unspecified atom stereocenters. The number of nitrogens with zero attached hydrogens (tertiary/aromatic N) is 2. The van der Waals surface area contributed by atoms with Crippen LogP contribution in [0.1, 0.15) is 25.6 Å². The van der Waals surface area contributed by atoms with Crippen LogP contribution < -0.4 is 0 Å². The van der Waals surface area contributed by atoms with E-state index < -0.39 is 0 Å². The molecule has 2 aromatic heterocycles. The van der Waals surface area contributed by atoms with Crippen LogP contribution in [0.5, 0.6) is 0 Å². The maximum absolute atomic E-state index is 5.96. The molecule has 3 nitrogen and oxygen atoms in total. The van der Waals surface area contributed by atoms with E-state index in [2.05, 4.69) is 28.8 Å². The quantitative estimate of drug-likeness (QED) is 0.760. The number of H-pyrrole nitrogens is 1. The largest absolute Gasteiger partial charge is 0.339 e. The molecule has 68 valence electrons. The molecule has 0 aromatic carbocycles. The van der Waals surface area contributed by atoms with Crippen LogP contribution in [0.4, 0.5) is 0 Å². The van der Waals surface area contributed by atoms with Gasteiger partial charge in [0.1, 0.15) is 11.3 Å². The van der Waals surface area contributed by atoms with Gasteiger partial charge in [-0.15, -0.1) is 0 Å². The van der Waals surface area contributed by atoms with Crippen molar-refractivity contribution in [3.63, 3.8) is 0 Å². The van der Waals surface area contributed by atoms with Gasteiger partial charge in [0.05, 0.1) is 5.02 Å². The van der Waals surface area contributed by atoms with Crippen LogP contribution >= 0.6 is 11.6 Å². The SMILES string of the molecule is CC(C)c1nc2nccc(Cl)c2[nH]1. The Kier molecular flexibility index (Phi) is 1.96. The number of hydrogen-bond donors (Lipinski definition) is 1. The highest BCUT2D eigenvalue weighted by Gasteiger charge is 2.08. The van der Waals surface area contributed by atoms with E-state index in [9.17, 15) is 0 Å². The molecule has 0 spiro atoms. The maximum atomic E-state index is 5.96. The standard InChI is InChI=1S/C9H10ClN3/c1-5(2)8-12-7-6(10)3-4-11-9(7)13-8/h3-5H,1-2H3,(H,11,12,13). The van der Waals surface area contributed by atoms with Crippen molar-refractivity contribution in [1.82, 2.24) is 15.0 Å². The first-order valence-corrected chi connectivity index (χ1v) is 4.56. The maximum Gasteiger partial charge on any atom is 0.179 e. The topological polar surface area (TPSA) is 41.6 Å². The third-order valence-electron chi connectivity index (χ3n) is 1.91. The Morgan fingerprint density at radius 3 is 2.85 bits per heavy atom. The average Bonchev–Trinajstić information content (AvgIpc) is 2.49. The van der Waals surface area contributed by atoms with Crippen molar-refractivity contribution in [3.8, 4) is 0 Å². The third kappa shape index (κ3) is 1.40. The van der Waals surface area contributed by atoms with Crippen LogP contribution in [-0.4, -0.2) is 15.0 Å². The molecule has 4 heteroatoms. The second kappa shape index (κ2) is 3.00. The predicted molar refractivity (Wildman–Crippen MR) is 53.0 cm³/mol. The van der Waals surface area contributed by atoms with E-state index in [1.54, 1.807) is 12.3 Å². The lowest BCUT2D eigenvalue weighted by Crippen LogP contribution is -1.88. The molecular weight excluding hydrogens is 186 g/mol. The number of aromatic amines is 1. The molecule has 13 heavy (non-hydrogen) atoms. The van der Waals surface area contributed by atoms with Gasteiger partial charge >= 0.3 is 0 Å². The van der Waals surface area contributed by atoms with Crippen molar-refractivity contribution < 1.29 is 0 Å². The van der Waals surface area contributed by atoms with E-state index in [1.165, 1.54) is 0 Å². The molecule has 0 atom stereocenters. The van der Waals surface area contributed by atoms with Gasteiger partial charge in [0.15, 0.2) is 5.65 Å². The fourth-order valence-corrected chi connectivity index (χ4v) is 1.36. The van der Waals surface area contributed by atoms with Gasteiger partial charge in [-0.2, -0.15) is 0 Å². The Morgan fingerprint density at radius 1 is 1.46 bits per heavy atom. The summed E-state index contributed by atoms with van der Waals surface area (Å²) in [6.07, 6.45) is 1.66. The molecule has 0 saturated heterocycles. The van der Waals surface area contributed by atoms with Crippen molar-refractivity contribution in [2.24, 2.45) is 0 Å². The highest BCUT2D eigenvalue weighted by Crippen LogP contribution is 2.21. The number of fused-ring (bicyclic) bond motifs is 1. The van der Waals surface area contributed by atoms with Gasteiger partial charge < -0.3 is 4.98 Å². The van der Waals surface area contributed by atoms with E-state index in [1.807, 2.05) is 0 Å². The predicted octanol–water partition coefficient (Wildman–Crippen LogP) is 2.73. The summed E-state index contributed by atoms with van der Waals surface area (Å²) in [6.45, 7) is 4.15. The molecular formula is C9H10ClN3. The smallest absolute Gasteiger partial charge is 0.179 e. The number of aromatic nitrogens is 3. The second-order valence-corrected chi connectivity index (χ2v) is 3.68. The Balaban J connectivity index is 2.68. The summed E-state index contributed by atoms with van der Waals surface area (Å²) in [5, 5.41) is 0.671. The van der Waals surface area contributed by atoms with E-state index in [0.717, 1.165) is 11.3 Å². The summed E-state index contributed by atoms with van der Waals surface area (Å²) in [5.41, 5.74) is 1.52. The Morgan fingerprint density at radius 2 is 2.23 bits per heavy atom. The van der Waals surface area contributed by atoms with Crippen LogP contribution in [0, 0.1) is 0 Å². The number of nitrogens with one attached hydrogen (secondary N) is 1. The van der Waals surface area contributed by atoms with Crippen molar-refractivity contribution in [2.45, 2.75) is 19.8 Å². The average molecular weight is 196 g/mol. The lowest BCUT2D eigenvalue weighted by atomic mass is 10.2. The van der Waals surface area contributed by atoms with Crippen LogP contribution in [-0.2, 0) is 0 Å². The van der Waals surface area contributed by atoms with E-state index in [0.29, 0.717) is 16.6 Å². The van der Waals surface area contributed by atoms with Crippen LogP contribution in [0.3, 0.4) is 0 Å². The molecule has 0 saturated carbocycles. The number of rotatable bonds is 1.